The summed E-state index contributed by atoms with van der Waals surface area (Å²) in [7, 11) is 0. The average Bonchev–Trinajstić information content (AvgIpc) is 2.03. The molecule has 0 amide bonds. The van der Waals surface area contributed by atoms with Crippen molar-refractivity contribution in [2.75, 3.05) is 11.9 Å². The standard InChI is InChI=1S/C8H10ClN3/c1-6(2)5-10-8-4-3-7(9)11-12-8/h3-4H,1,5H2,2H3,(H,10,12). The summed E-state index contributed by atoms with van der Waals surface area (Å²) < 4.78 is 0. The molecule has 0 atom stereocenters. The lowest BCUT2D eigenvalue weighted by atomic mass is 10.3. The third kappa shape index (κ3) is 2.88. The van der Waals surface area contributed by atoms with Gasteiger partial charge in [0, 0.05) is 6.54 Å². The summed E-state index contributed by atoms with van der Waals surface area (Å²) in [5.41, 5.74) is 1.05. The minimum atomic E-state index is 0.399. The van der Waals surface area contributed by atoms with Gasteiger partial charge in [-0.3, -0.25) is 0 Å². The van der Waals surface area contributed by atoms with Crippen LogP contribution >= 0.6 is 11.6 Å². The fourth-order valence-electron chi connectivity index (χ4n) is 0.652. The van der Waals surface area contributed by atoms with Crippen LogP contribution in [0.25, 0.3) is 0 Å². The van der Waals surface area contributed by atoms with Crippen LogP contribution in [0.4, 0.5) is 5.82 Å². The summed E-state index contributed by atoms with van der Waals surface area (Å²) in [4.78, 5) is 0. The molecule has 0 aliphatic heterocycles. The molecule has 0 aliphatic rings. The minimum absolute atomic E-state index is 0.399. The van der Waals surface area contributed by atoms with Crippen LogP contribution in [0.3, 0.4) is 0 Å². The largest absolute Gasteiger partial charge is 0.365 e. The van der Waals surface area contributed by atoms with Crippen molar-refractivity contribution < 1.29 is 0 Å². The van der Waals surface area contributed by atoms with Crippen molar-refractivity contribution in [3.63, 3.8) is 0 Å². The number of hydrogen-bond donors (Lipinski definition) is 1. The quantitative estimate of drug-likeness (QED) is 0.730. The van der Waals surface area contributed by atoms with Crippen molar-refractivity contribution in [2.45, 2.75) is 6.92 Å². The molecule has 4 heteroatoms. The highest BCUT2D eigenvalue weighted by molar-refractivity contribution is 6.29. The first-order chi connectivity index (χ1) is 5.68. The maximum atomic E-state index is 5.56. The highest BCUT2D eigenvalue weighted by Crippen LogP contribution is 2.05. The number of anilines is 1. The SMILES string of the molecule is C=C(C)CNc1ccc(Cl)nn1. The molecule has 1 rings (SSSR count). The first kappa shape index (κ1) is 9.00. The Kier molecular flexibility index (Phi) is 3.05. The summed E-state index contributed by atoms with van der Waals surface area (Å²) in [6.07, 6.45) is 0. The Labute approximate surface area is 76.5 Å². The Morgan fingerprint density at radius 3 is 2.83 bits per heavy atom. The van der Waals surface area contributed by atoms with Gasteiger partial charge < -0.3 is 5.32 Å². The second kappa shape index (κ2) is 4.07. The molecule has 0 spiro atoms. The average molecular weight is 184 g/mol. The number of rotatable bonds is 3. The van der Waals surface area contributed by atoms with Crippen molar-refractivity contribution in [3.05, 3.63) is 29.4 Å². The zero-order valence-corrected chi connectivity index (χ0v) is 7.60. The van der Waals surface area contributed by atoms with Crippen LogP contribution in [0, 0.1) is 0 Å². The molecule has 0 radical (unpaired) electrons. The van der Waals surface area contributed by atoms with Crippen molar-refractivity contribution >= 4 is 17.4 Å². The molecule has 1 N–H and O–H groups in total. The summed E-state index contributed by atoms with van der Waals surface area (Å²) in [6.45, 7) is 6.40. The van der Waals surface area contributed by atoms with Crippen molar-refractivity contribution in [3.8, 4) is 0 Å². The Morgan fingerprint density at radius 2 is 2.33 bits per heavy atom. The van der Waals surface area contributed by atoms with Crippen molar-refractivity contribution in [1.29, 1.82) is 0 Å². The fraction of sp³-hybridized carbons (Fsp3) is 0.250. The highest BCUT2D eigenvalue weighted by atomic mass is 35.5. The topological polar surface area (TPSA) is 37.8 Å². The summed E-state index contributed by atoms with van der Waals surface area (Å²) in [5.74, 6) is 0.711. The normalized spacial score (nSPS) is 9.50. The molecule has 0 saturated heterocycles. The summed E-state index contributed by atoms with van der Waals surface area (Å²) >= 11 is 5.56. The molecule has 0 bridgehead atoms. The third-order valence-electron chi connectivity index (χ3n) is 1.20. The van der Waals surface area contributed by atoms with E-state index < -0.39 is 0 Å². The zero-order chi connectivity index (χ0) is 8.97. The number of nitrogens with zero attached hydrogens (tertiary/aromatic N) is 2. The van der Waals surface area contributed by atoms with Crippen LogP contribution in [0.2, 0.25) is 5.15 Å². The van der Waals surface area contributed by atoms with Crippen molar-refractivity contribution in [1.82, 2.24) is 10.2 Å². The molecule has 0 saturated carbocycles. The van der Waals surface area contributed by atoms with Crippen LogP contribution in [0.5, 0.6) is 0 Å². The first-order valence-corrected chi connectivity index (χ1v) is 3.94. The number of halogens is 1. The van der Waals surface area contributed by atoms with Gasteiger partial charge in [-0.25, -0.2) is 0 Å². The van der Waals surface area contributed by atoms with E-state index >= 15 is 0 Å². The zero-order valence-electron chi connectivity index (χ0n) is 6.84. The first-order valence-electron chi connectivity index (χ1n) is 3.56. The lowest BCUT2D eigenvalue weighted by molar-refractivity contribution is 1.02. The fourth-order valence-corrected chi connectivity index (χ4v) is 0.753. The van der Waals surface area contributed by atoms with E-state index in [1.54, 1.807) is 12.1 Å². The van der Waals surface area contributed by atoms with E-state index in [4.69, 9.17) is 11.6 Å². The van der Waals surface area contributed by atoms with E-state index in [2.05, 4.69) is 22.1 Å². The lowest BCUT2D eigenvalue weighted by Gasteiger charge is -2.02. The third-order valence-corrected chi connectivity index (χ3v) is 1.40. The van der Waals surface area contributed by atoms with Gasteiger partial charge in [-0.15, -0.1) is 10.2 Å². The van der Waals surface area contributed by atoms with Gasteiger partial charge in [0.15, 0.2) is 5.15 Å². The predicted octanol–water partition coefficient (Wildman–Crippen LogP) is 2.12. The number of nitrogens with one attached hydrogen (secondary N) is 1. The molecular formula is C8H10ClN3. The van der Waals surface area contributed by atoms with Gasteiger partial charge in [-0.2, -0.15) is 0 Å². The Balaban J connectivity index is 2.53. The van der Waals surface area contributed by atoms with E-state index in [1.165, 1.54) is 0 Å². The molecule has 1 aromatic heterocycles. The predicted molar refractivity (Wildman–Crippen MR) is 50.3 cm³/mol. The van der Waals surface area contributed by atoms with E-state index in [-0.39, 0.29) is 0 Å². The summed E-state index contributed by atoms with van der Waals surface area (Å²) in [5, 5.41) is 10.9. The highest BCUT2D eigenvalue weighted by Gasteiger charge is 1.93. The second-order valence-electron chi connectivity index (χ2n) is 2.55. The molecule has 0 fully saturated rings. The van der Waals surface area contributed by atoms with Crippen molar-refractivity contribution in [2.24, 2.45) is 0 Å². The minimum Gasteiger partial charge on any atom is -0.365 e. The van der Waals surface area contributed by atoms with Gasteiger partial charge in [0.1, 0.15) is 5.82 Å². The van der Waals surface area contributed by atoms with Gasteiger partial charge in [0.2, 0.25) is 0 Å². The molecule has 3 nitrogen and oxygen atoms in total. The van der Waals surface area contributed by atoms with E-state index in [0.717, 1.165) is 5.57 Å². The summed E-state index contributed by atoms with van der Waals surface area (Å²) in [6, 6.07) is 3.47. The van der Waals surface area contributed by atoms with Crippen LogP contribution < -0.4 is 5.32 Å². The lowest BCUT2D eigenvalue weighted by Crippen LogP contribution is -2.04. The van der Waals surface area contributed by atoms with Gasteiger partial charge in [-0.1, -0.05) is 23.8 Å². The Morgan fingerprint density at radius 1 is 1.58 bits per heavy atom. The van der Waals surface area contributed by atoms with Crippen LogP contribution in [0.1, 0.15) is 6.92 Å². The maximum absolute atomic E-state index is 5.56. The molecule has 1 heterocycles. The molecular weight excluding hydrogens is 174 g/mol. The Hall–Kier alpha value is -1.09. The van der Waals surface area contributed by atoms with Gasteiger partial charge in [0.05, 0.1) is 0 Å². The molecule has 0 unspecified atom stereocenters. The maximum Gasteiger partial charge on any atom is 0.151 e. The number of aromatic nitrogens is 2. The van der Waals surface area contributed by atoms with Gasteiger partial charge in [0.25, 0.3) is 0 Å². The second-order valence-corrected chi connectivity index (χ2v) is 2.94. The van der Waals surface area contributed by atoms with E-state index in [0.29, 0.717) is 17.5 Å². The van der Waals surface area contributed by atoms with Crippen LogP contribution in [-0.4, -0.2) is 16.7 Å². The molecule has 64 valence electrons. The monoisotopic (exact) mass is 183 g/mol. The molecule has 12 heavy (non-hydrogen) atoms. The van der Waals surface area contributed by atoms with Crippen LogP contribution in [0.15, 0.2) is 24.3 Å². The van der Waals surface area contributed by atoms with Gasteiger partial charge in [-0.05, 0) is 19.1 Å². The van der Waals surface area contributed by atoms with E-state index in [1.807, 2.05) is 6.92 Å². The van der Waals surface area contributed by atoms with Gasteiger partial charge >= 0.3 is 0 Å². The molecule has 1 aromatic rings. The van der Waals surface area contributed by atoms with E-state index in [9.17, 15) is 0 Å². The smallest absolute Gasteiger partial charge is 0.151 e. The molecule has 0 aliphatic carbocycles. The van der Waals surface area contributed by atoms with Crippen LogP contribution in [-0.2, 0) is 0 Å². The number of hydrogen-bond acceptors (Lipinski definition) is 3. The molecule has 0 aromatic carbocycles. The Bertz CT molecular complexity index is 268.